The lowest BCUT2D eigenvalue weighted by Gasteiger charge is -2.26. The maximum Gasteiger partial charge on any atom is 0.410 e. The summed E-state index contributed by atoms with van der Waals surface area (Å²) in [6, 6.07) is 5.39. The Hall–Kier alpha value is -1.46. The second-order valence-corrected chi connectivity index (χ2v) is 8.66. The van der Waals surface area contributed by atoms with Crippen molar-refractivity contribution in [1.82, 2.24) is 10.2 Å². The van der Waals surface area contributed by atoms with E-state index in [1.54, 1.807) is 23.1 Å². The minimum Gasteiger partial charge on any atom is -0.444 e. The Kier molecular flexibility index (Phi) is 7.80. The highest BCUT2D eigenvalue weighted by atomic mass is 35.5. The van der Waals surface area contributed by atoms with Gasteiger partial charge in [-0.1, -0.05) is 29.3 Å². The molecule has 1 aliphatic carbocycles. The van der Waals surface area contributed by atoms with Crippen molar-refractivity contribution < 1.29 is 14.3 Å². The maximum atomic E-state index is 11.8. The number of ether oxygens (including phenoxy) is 1. The van der Waals surface area contributed by atoms with E-state index in [1.165, 1.54) is 6.42 Å². The standard InChI is InChI=1S/C11H11Cl2NO.C9H17NO2/c12-9-6-2-5-8(10(9)13)11(15)14-7-3-1-4-7;1-9(2,3)12-8(11)10-6-4-5-7-10/h2,5-7H,1,3-4H2,(H,14,15);4-7H2,1-3H3. The number of nitrogens with one attached hydrogen (secondary N) is 1. The van der Waals surface area contributed by atoms with Gasteiger partial charge in [0.1, 0.15) is 5.60 Å². The molecule has 0 aromatic heterocycles. The molecule has 3 rings (SSSR count). The molecule has 0 unspecified atom stereocenters. The maximum absolute atomic E-state index is 11.8. The molecule has 1 aliphatic heterocycles. The van der Waals surface area contributed by atoms with Crippen molar-refractivity contribution in [2.75, 3.05) is 13.1 Å². The minimum absolute atomic E-state index is 0.132. The van der Waals surface area contributed by atoms with E-state index in [4.69, 9.17) is 27.9 Å². The number of halogens is 2. The molecule has 27 heavy (non-hydrogen) atoms. The molecule has 0 spiro atoms. The molecule has 1 aromatic rings. The fourth-order valence-corrected chi connectivity index (χ4v) is 3.11. The second-order valence-electron chi connectivity index (χ2n) is 7.88. The second kappa shape index (κ2) is 9.65. The molecule has 2 aliphatic rings. The normalized spacial score (nSPS) is 16.9. The quantitative estimate of drug-likeness (QED) is 0.714. The smallest absolute Gasteiger partial charge is 0.410 e. The zero-order valence-electron chi connectivity index (χ0n) is 16.2. The first-order valence-corrected chi connectivity index (χ1v) is 10.2. The van der Waals surface area contributed by atoms with E-state index in [1.807, 2.05) is 20.8 Å². The number of hydrogen-bond acceptors (Lipinski definition) is 3. The Balaban J connectivity index is 0.000000199. The molecular weight excluding hydrogens is 387 g/mol. The largest absolute Gasteiger partial charge is 0.444 e. The van der Waals surface area contributed by atoms with Gasteiger partial charge in [0.25, 0.3) is 5.91 Å². The summed E-state index contributed by atoms with van der Waals surface area (Å²) in [6.45, 7) is 7.38. The van der Waals surface area contributed by atoms with Gasteiger partial charge in [-0.25, -0.2) is 4.79 Å². The molecular formula is C20H28Cl2N2O3. The zero-order chi connectivity index (χ0) is 20.0. The Labute approximate surface area is 171 Å². The first kappa shape index (κ1) is 21.8. The Morgan fingerprint density at radius 2 is 1.74 bits per heavy atom. The van der Waals surface area contributed by atoms with Crippen LogP contribution in [0.2, 0.25) is 10.0 Å². The van der Waals surface area contributed by atoms with Crippen molar-refractivity contribution >= 4 is 35.2 Å². The van der Waals surface area contributed by atoms with Gasteiger partial charge in [0.05, 0.1) is 15.6 Å². The summed E-state index contributed by atoms with van der Waals surface area (Å²) in [5, 5.41) is 3.66. The van der Waals surface area contributed by atoms with Crippen LogP contribution >= 0.6 is 23.2 Å². The van der Waals surface area contributed by atoms with Crippen LogP contribution in [0.1, 0.15) is 63.2 Å². The molecule has 2 fully saturated rings. The van der Waals surface area contributed by atoms with Crippen LogP contribution in [0, 0.1) is 0 Å². The van der Waals surface area contributed by atoms with Gasteiger partial charge < -0.3 is 15.0 Å². The average Bonchev–Trinajstić information content (AvgIpc) is 3.07. The zero-order valence-corrected chi connectivity index (χ0v) is 17.7. The van der Waals surface area contributed by atoms with E-state index in [-0.39, 0.29) is 17.6 Å². The van der Waals surface area contributed by atoms with Crippen LogP contribution in [0.5, 0.6) is 0 Å². The molecule has 1 heterocycles. The Morgan fingerprint density at radius 1 is 1.11 bits per heavy atom. The number of carbonyl (C=O) groups excluding carboxylic acids is 2. The number of carbonyl (C=O) groups is 2. The van der Waals surface area contributed by atoms with Crippen molar-refractivity contribution in [3.05, 3.63) is 33.8 Å². The number of hydrogen-bond donors (Lipinski definition) is 1. The van der Waals surface area contributed by atoms with Crippen molar-refractivity contribution in [2.45, 2.75) is 64.5 Å². The van der Waals surface area contributed by atoms with Crippen LogP contribution < -0.4 is 5.32 Å². The summed E-state index contributed by atoms with van der Waals surface area (Å²) < 4.78 is 5.21. The molecule has 7 heteroatoms. The topological polar surface area (TPSA) is 58.6 Å². The van der Waals surface area contributed by atoms with E-state index < -0.39 is 0 Å². The van der Waals surface area contributed by atoms with E-state index in [9.17, 15) is 9.59 Å². The number of rotatable bonds is 2. The van der Waals surface area contributed by atoms with Gasteiger partial charge >= 0.3 is 6.09 Å². The molecule has 1 N–H and O–H groups in total. The van der Waals surface area contributed by atoms with E-state index in [0.717, 1.165) is 38.8 Å². The minimum atomic E-state index is -0.361. The average molecular weight is 415 g/mol. The van der Waals surface area contributed by atoms with Crippen molar-refractivity contribution in [3.8, 4) is 0 Å². The molecule has 2 amide bonds. The van der Waals surface area contributed by atoms with Crippen LogP contribution in [0.25, 0.3) is 0 Å². The van der Waals surface area contributed by atoms with E-state index in [0.29, 0.717) is 21.7 Å². The molecule has 0 bridgehead atoms. The fraction of sp³-hybridized carbons (Fsp3) is 0.600. The summed E-state index contributed by atoms with van der Waals surface area (Å²) in [5.41, 5.74) is 0.0933. The van der Waals surface area contributed by atoms with E-state index >= 15 is 0 Å². The molecule has 5 nitrogen and oxygen atoms in total. The van der Waals surface area contributed by atoms with Gasteiger partial charge in [-0.05, 0) is 65.0 Å². The number of likely N-dealkylation sites (tertiary alicyclic amines) is 1. The SMILES string of the molecule is CC(C)(C)OC(=O)N1CCCC1.O=C(NC1CCC1)c1cccc(Cl)c1Cl. The van der Waals surface area contributed by atoms with E-state index in [2.05, 4.69) is 5.32 Å². The first-order chi connectivity index (χ1) is 12.7. The summed E-state index contributed by atoms with van der Waals surface area (Å²) in [4.78, 5) is 24.9. The predicted molar refractivity (Wildman–Crippen MR) is 109 cm³/mol. The molecule has 150 valence electrons. The van der Waals surface area contributed by atoms with Gasteiger partial charge in [-0.3, -0.25) is 4.79 Å². The van der Waals surface area contributed by atoms with Crippen LogP contribution in [0.4, 0.5) is 4.79 Å². The van der Waals surface area contributed by atoms with Gasteiger partial charge in [-0.2, -0.15) is 0 Å². The van der Waals surface area contributed by atoms with Crippen LogP contribution in [-0.2, 0) is 4.74 Å². The van der Waals surface area contributed by atoms with Crippen LogP contribution in [-0.4, -0.2) is 41.6 Å². The predicted octanol–water partition coefficient (Wildman–Crippen LogP) is 5.29. The van der Waals surface area contributed by atoms with Crippen LogP contribution in [0.15, 0.2) is 18.2 Å². The molecule has 0 radical (unpaired) electrons. The van der Waals surface area contributed by atoms with Gasteiger partial charge in [0, 0.05) is 19.1 Å². The lowest BCUT2D eigenvalue weighted by molar-refractivity contribution is 0.0295. The lowest BCUT2D eigenvalue weighted by atomic mass is 9.93. The summed E-state index contributed by atoms with van der Waals surface area (Å²) in [5.74, 6) is -0.132. The third-order valence-electron chi connectivity index (χ3n) is 4.39. The Morgan fingerprint density at radius 3 is 2.26 bits per heavy atom. The van der Waals surface area contributed by atoms with Gasteiger partial charge in [0.2, 0.25) is 0 Å². The third-order valence-corrected chi connectivity index (χ3v) is 5.21. The highest BCUT2D eigenvalue weighted by Gasteiger charge is 2.24. The van der Waals surface area contributed by atoms with Crippen molar-refractivity contribution in [3.63, 3.8) is 0 Å². The van der Waals surface area contributed by atoms with Crippen molar-refractivity contribution in [1.29, 1.82) is 0 Å². The molecule has 1 aromatic carbocycles. The first-order valence-electron chi connectivity index (χ1n) is 9.40. The fourth-order valence-electron chi connectivity index (χ4n) is 2.72. The summed E-state index contributed by atoms with van der Waals surface area (Å²) in [7, 11) is 0. The third kappa shape index (κ3) is 6.89. The highest BCUT2D eigenvalue weighted by Crippen LogP contribution is 2.26. The molecule has 1 saturated carbocycles. The summed E-state index contributed by atoms with van der Waals surface area (Å²) >= 11 is 11.8. The summed E-state index contributed by atoms with van der Waals surface area (Å²) in [6.07, 6.45) is 5.36. The lowest BCUT2D eigenvalue weighted by Crippen LogP contribution is -2.39. The molecule has 0 atom stereocenters. The van der Waals surface area contributed by atoms with Crippen molar-refractivity contribution in [2.24, 2.45) is 0 Å². The molecule has 1 saturated heterocycles. The highest BCUT2D eigenvalue weighted by molar-refractivity contribution is 6.43. The number of amides is 2. The number of nitrogens with zero attached hydrogens (tertiary/aromatic N) is 1. The Bertz CT molecular complexity index is 664. The number of benzene rings is 1. The van der Waals surface area contributed by atoms with Crippen LogP contribution in [0.3, 0.4) is 0 Å². The van der Waals surface area contributed by atoms with Gasteiger partial charge in [-0.15, -0.1) is 0 Å². The van der Waals surface area contributed by atoms with Gasteiger partial charge in [0.15, 0.2) is 0 Å². The monoisotopic (exact) mass is 414 g/mol.